The Morgan fingerprint density at radius 2 is 1.48 bits per heavy atom. The Hall–Kier alpha value is -9.22. The number of amides is 6. The number of nitrogens with two attached hydrogens (primary N) is 1. The zero-order chi connectivity index (χ0) is 60.1. The number of cyclic esters (lactones) is 2. The number of nitrogens with one attached hydrogen (secondary N) is 6. The average Bonchev–Trinajstić information content (AvgIpc) is 3.41. The molecule has 1 aromatic carbocycles. The molecule has 0 saturated heterocycles. The summed E-state index contributed by atoms with van der Waals surface area (Å²) in [5.41, 5.74) is 4.83. The van der Waals surface area contributed by atoms with Crippen molar-refractivity contribution in [3.05, 3.63) is 124 Å². The number of rotatable bonds is 6. The number of pyridine rings is 1. The largest absolute Gasteiger partial charge is 0.506 e. The lowest BCUT2D eigenvalue weighted by Gasteiger charge is -2.30. The Balaban J connectivity index is 1.08. The number of nitrogens with zero attached hydrogens (tertiary/aromatic N) is 6. The van der Waals surface area contributed by atoms with Crippen LogP contribution < -0.4 is 32.3 Å². The van der Waals surface area contributed by atoms with Crippen LogP contribution in [0.2, 0.25) is 0 Å². The number of ether oxygens (including phenoxy) is 4. The maximum Gasteiger partial charge on any atom is 0.355 e. The number of aliphatic hydroxyl groups excluding tert-OH is 2. The van der Waals surface area contributed by atoms with Crippen molar-refractivity contribution in [1.82, 2.24) is 61.5 Å². The molecule has 0 saturated carbocycles. The second-order valence-corrected chi connectivity index (χ2v) is 23.2. The van der Waals surface area contributed by atoms with Crippen molar-refractivity contribution in [3.63, 3.8) is 0 Å². The van der Waals surface area contributed by atoms with Crippen LogP contribution in [0, 0.1) is 0 Å². The summed E-state index contributed by atoms with van der Waals surface area (Å²) in [5, 5.41) is 55.1. The van der Waals surface area contributed by atoms with Gasteiger partial charge in [0.25, 0.3) is 29.5 Å². The standard InChI is InChI=1S/C52H43N13O15S5/c1-17(40(53)69)54-41(70)26-14-84-49(60-26)36-30(67)8-21-34(62-36)25-12-82-47(57-25)24-11-80-51(75)35-22-10-78-39(38(68)52(76)79-9-20-6-5-7-23(55-35)31(20)22)37(50-61-27(15-85-50)42(71)56-24)65-44(73)29-16-83-48(59-29)33(19(3)77-4)64-45(74)32(18(2)66)63-43(72)28-13-81-46(21)58-28/h5-8,12-16,18,24,32,37-39,55,66-68H,1,9-11H2,2-4H3,(H2,53,69)(H,54,70)(H,56,71)(H,63,72)(H,64,74)(H,65,73)/b33-19+/t18-,24+,32+,37+,38+,39+/m1/s1. The predicted octanol–water partition coefficient (Wildman–Crippen LogP) is 3.34. The highest BCUT2D eigenvalue weighted by Gasteiger charge is 2.42. The fourth-order valence-electron chi connectivity index (χ4n) is 8.96. The molecule has 33 heteroatoms. The number of esters is 2. The lowest BCUT2D eigenvalue weighted by molar-refractivity contribution is -0.166. The molecule has 0 aliphatic carbocycles. The number of aliphatic hydroxyl groups is 2. The smallest absolute Gasteiger partial charge is 0.355 e. The molecule has 436 valence electrons. The van der Waals surface area contributed by atoms with Crippen molar-refractivity contribution in [2.75, 3.05) is 13.7 Å². The van der Waals surface area contributed by atoms with Gasteiger partial charge < -0.3 is 71.6 Å². The van der Waals surface area contributed by atoms with Gasteiger partial charge in [0.1, 0.15) is 125 Å². The summed E-state index contributed by atoms with van der Waals surface area (Å²) in [4.78, 5) is 141. The fourth-order valence-corrected chi connectivity index (χ4v) is 13.1. The Bertz CT molecular complexity index is 4140. The molecule has 6 atom stereocenters. The van der Waals surface area contributed by atoms with Gasteiger partial charge in [-0.3, -0.25) is 28.8 Å². The van der Waals surface area contributed by atoms with Crippen LogP contribution in [0.4, 0.5) is 0 Å². The lowest BCUT2D eigenvalue weighted by Crippen LogP contribution is -2.52. The molecule has 8 aromatic rings. The van der Waals surface area contributed by atoms with Gasteiger partial charge in [-0.05, 0) is 31.5 Å². The number of hydrogen-bond donors (Lipinski definition) is 10. The zero-order valence-electron chi connectivity index (χ0n) is 44.0. The molecule has 3 aliphatic heterocycles. The summed E-state index contributed by atoms with van der Waals surface area (Å²) < 4.78 is 23.6. The van der Waals surface area contributed by atoms with E-state index in [1.165, 1.54) is 48.5 Å². The molecule has 28 nitrogen and oxygen atoms in total. The summed E-state index contributed by atoms with van der Waals surface area (Å²) in [6, 6.07) is 1.77. The molecule has 12 bridgehead atoms. The highest BCUT2D eigenvalue weighted by molar-refractivity contribution is 7.14. The third-order valence-corrected chi connectivity index (χ3v) is 17.8. The van der Waals surface area contributed by atoms with Gasteiger partial charge in [-0.2, -0.15) is 0 Å². The van der Waals surface area contributed by atoms with Crippen molar-refractivity contribution >= 4 is 121 Å². The van der Waals surface area contributed by atoms with E-state index < -0.39 is 108 Å². The van der Waals surface area contributed by atoms with E-state index in [0.29, 0.717) is 16.5 Å². The first-order valence-corrected chi connectivity index (χ1v) is 29.4. The summed E-state index contributed by atoms with van der Waals surface area (Å²) in [6.45, 7) is 4.76. The quantitative estimate of drug-likeness (QED) is 0.0648. The minimum Gasteiger partial charge on any atom is -0.506 e. The van der Waals surface area contributed by atoms with Crippen LogP contribution in [-0.4, -0.2) is 136 Å². The Labute approximate surface area is 497 Å². The third-order valence-electron chi connectivity index (χ3n) is 13.3. The monoisotopic (exact) mass is 1250 g/mol. The molecule has 0 unspecified atom stereocenters. The number of aromatic amines is 1. The van der Waals surface area contributed by atoms with E-state index in [4.69, 9.17) is 34.6 Å². The molecule has 6 amide bonds. The first kappa shape index (κ1) is 57.6. The van der Waals surface area contributed by atoms with Crippen LogP contribution in [0.5, 0.6) is 5.75 Å². The van der Waals surface area contributed by atoms with Crippen LogP contribution in [0.15, 0.2) is 69.2 Å². The van der Waals surface area contributed by atoms with Crippen molar-refractivity contribution in [1.29, 1.82) is 0 Å². The first-order chi connectivity index (χ1) is 40.7. The average molecular weight is 1250 g/mol. The van der Waals surface area contributed by atoms with Crippen LogP contribution in [0.1, 0.15) is 105 Å². The molecule has 0 fully saturated rings. The van der Waals surface area contributed by atoms with E-state index >= 15 is 0 Å². The Kier molecular flexibility index (Phi) is 15.9. The summed E-state index contributed by atoms with van der Waals surface area (Å²) in [7, 11) is 1.31. The minimum absolute atomic E-state index is 0.00791. The van der Waals surface area contributed by atoms with Gasteiger partial charge in [0, 0.05) is 48.9 Å². The molecule has 0 spiro atoms. The third kappa shape index (κ3) is 11.4. The van der Waals surface area contributed by atoms with Gasteiger partial charge in [0.2, 0.25) is 5.91 Å². The number of thiazole rings is 5. The molecular formula is C52H43N13O15S5. The van der Waals surface area contributed by atoms with Crippen molar-refractivity contribution < 1.29 is 72.6 Å². The second kappa shape index (κ2) is 23.4. The number of H-pyrrole nitrogens is 1. The first-order valence-electron chi connectivity index (χ1n) is 25.0. The number of fused-ring (bicyclic) bond motifs is 15. The van der Waals surface area contributed by atoms with Gasteiger partial charge in [0.15, 0.2) is 6.10 Å². The van der Waals surface area contributed by atoms with Crippen molar-refractivity contribution in [3.8, 4) is 38.4 Å². The Morgan fingerprint density at radius 3 is 2.24 bits per heavy atom. The lowest BCUT2D eigenvalue weighted by atomic mass is 10.0. The second-order valence-electron chi connectivity index (χ2n) is 18.8. The number of hydrogen-bond acceptors (Lipinski definition) is 26. The molecule has 7 aromatic heterocycles. The number of aromatic hydroxyl groups is 1. The minimum atomic E-state index is -2.14. The van der Waals surface area contributed by atoms with Crippen molar-refractivity contribution in [2.45, 2.75) is 63.5 Å². The molecule has 10 heterocycles. The number of carbonyl (C=O) groups is 8. The van der Waals surface area contributed by atoms with E-state index in [0.717, 1.165) is 56.7 Å². The van der Waals surface area contributed by atoms with Crippen LogP contribution in [-0.2, 0) is 46.5 Å². The Morgan fingerprint density at radius 1 is 0.812 bits per heavy atom. The maximum absolute atomic E-state index is 14.6. The number of aromatic nitrogens is 7. The van der Waals surface area contributed by atoms with Crippen LogP contribution in [0.3, 0.4) is 0 Å². The van der Waals surface area contributed by atoms with Crippen LogP contribution >= 0.6 is 56.7 Å². The fraction of sp³-hybridized carbons (Fsp3) is 0.231. The number of carbonyl (C=O) groups excluding carboxylic acids is 8. The predicted molar refractivity (Wildman–Crippen MR) is 303 cm³/mol. The highest BCUT2D eigenvalue weighted by Crippen LogP contribution is 2.42. The summed E-state index contributed by atoms with van der Waals surface area (Å²) in [5.74, 6) is -7.94. The van der Waals surface area contributed by atoms with Gasteiger partial charge in [-0.25, -0.2) is 39.5 Å². The number of benzene rings is 1. The van der Waals surface area contributed by atoms with E-state index in [-0.39, 0.29) is 99.8 Å². The molecule has 11 N–H and O–H groups in total. The molecular weight excluding hydrogens is 1210 g/mol. The molecule has 3 aliphatic rings. The van der Waals surface area contributed by atoms with Gasteiger partial charge in [-0.1, -0.05) is 18.7 Å². The van der Waals surface area contributed by atoms with Crippen LogP contribution in [0.25, 0.3) is 49.3 Å². The topological polar surface area (TPSA) is 413 Å². The number of allylic oxidation sites excluding steroid dienone is 1. The zero-order valence-corrected chi connectivity index (χ0v) is 48.1. The van der Waals surface area contributed by atoms with E-state index in [9.17, 15) is 53.7 Å². The molecule has 85 heavy (non-hydrogen) atoms. The molecule has 11 rings (SSSR count). The van der Waals surface area contributed by atoms with Crippen molar-refractivity contribution in [2.24, 2.45) is 5.73 Å². The summed E-state index contributed by atoms with van der Waals surface area (Å²) in [6.07, 6.45) is -5.41. The number of primary amides is 1. The van der Waals surface area contributed by atoms with E-state index in [1.54, 1.807) is 23.6 Å². The highest BCUT2D eigenvalue weighted by atomic mass is 32.1. The normalized spacial score (nSPS) is 20.3. The van der Waals surface area contributed by atoms with E-state index in [2.05, 4.69) is 58.1 Å². The van der Waals surface area contributed by atoms with Gasteiger partial charge in [-0.15, -0.1) is 56.7 Å². The number of methoxy groups -OCH3 is 1. The van der Waals surface area contributed by atoms with Gasteiger partial charge in [0.05, 0.1) is 25.5 Å². The SMILES string of the molecule is C=C(NC(=O)c1csc(-c2nc3c(cc2O)-c2nc(cs2)C(=O)N[C@@H]([C@@H](C)O)C(=O)N/C(=C(\C)OC)c2nc(cs2)C(=O)N[C@@H]2c4nc(cs4)C(=O)N[C@@H](COC(=O)c4[nH]c5cccc6c5c4CO[C@@H]2[C@H](O)C(=O)OC6)c2nc-3cs2)n1)C(N)=O. The summed E-state index contributed by atoms with van der Waals surface area (Å²) >= 11 is 4.56. The maximum atomic E-state index is 14.6. The van der Waals surface area contributed by atoms with E-state index in [1.807, 2.05) is 0 Å². The van der Waals surface area contributed by atoms with Gasteiger partial charge >= 0.3 is 11.9 Å². The molecule has 0 radical (unpaired) electrons.